The molecular formula is C22H20N2O2S. The van der Waals surface area contributed by atoms with Crippen LogP contribution in [-0.2, 0) is 0 Å². The summed E-state index contributed by atoms with van der Waals surface area (Å²) in [5.41, 5.74) is 3.30. The predicted octanol–water partition coefficient (Wildman–Crippen LogP) is 5.67. The Kier molecular flexibility index (Phi) is 6.24. The quantitative estimate of drug-likeness (QED) is 0.498. The fraction of sp³-hybridized carbons (Fsp3) is 0.182. The summed E-state index contributed by atoms with van der Waals surface area (Å²) in [7, 11) is 1.62. The molecular weight excluding hydrogens is 356 g/mol. The maximum absolute atomic E-state index is 9.62. The summed E-state index contributed by atoms with van der Waals surface area (Å²) in [6.07, 6.45) is 2.74. The first-order valence-corrected chi connectivity index (χ1v) is 9.57. The van der Waals surface area contributed by atoms with Crippen molar-refractivity contribution >= 4 is 23.0 Å². The third kappa shape index (κ3) is 4.55. The van der Waals surface area contributed by atoms with Crippen molar-refractivity contribution < 1.29 is 9.47 Å². The van der Waals surface area contributed by atoms with E-state index >= 15 is 0 Å². The summed E-state index contributed by atoms with van der Waals surface area (Å²) in [6.45, 7) is 2.67. The van der Waals surface area contributed by atoms with Gasteiger partial charge in [-0.3, -0.25) is 0 Å². The Labute approximate surface area is 163 Å². The number of aromatic nitrogens is 1. The first kappa shape index (κ1) is 18.7. The van der Waals surface area contributed by atoms with Crippen LogP contribution in [0.5, 0.6) is 11.5 Å². The lowest BCUT2D eigenvalue weighted by Gasteiger charge is -2.10. The SMILES string of the molecule is CCCOc1cc(/C=C(/C#N)c2nc(-c3ccccc3)cs2)ccc1OC. The molecule has 1 aromatic heterocycles. The molecule has 0 aliphatic carbocycles. The van der Waals surface area contributed by atoms with Gasteiger partial charge in [-0.05, 0) is 30.2 Å². The monoisotopic (exact) mass is 376 g/mol. The van der Waals surface area contributed by atoms with Crippen LogP contribution in [-0.4, -0.2) is 18.7 Å². The first-order valence-electron chi connectivity index (χ1n) is 8.69. The highest BCUT2D eigenvalue weighted by Crippen LogP contribution is 2.31. The van der Waals surface area contributed by atoms with Crippen molar-refractivity contribution in [2.45, 2.75) is 13.3 Å². The molecule has 0 atom stereocenters. The zero-order valence-corrected chi connectivity index (χ0v) is 16.1. The lowest BCUT2D eigenvalue weighted by atomic mass is 10.1. The van der Waals surface area contributed by atoms with E-state index in [-0.39, 0.29) is 0 Å². The number of hydrogen-bond donors (Lipinski definition) is 0. The number of allylic oxidation sites excluding steroid dienone is 1. The van der Waals surface area contributed by atoms with Crippen molar-refractivity contribution in [1.82, 2.24) is 4.98 Å². The Morgan fingerprint density at radius 1 is 1.19 bits per heavy atom. The summed E-state index contributed by atoms with van der Waals surface area (Å²) in [6, 6.07) is 17.8. The summed E-state index contributed by atoms with van der Waals surface area (Å²) in [5.74, 6) is 1.36. The van der Waals surface area contributed by atoms with Crippen molar-refractivity contribution in [3.63, 3.8) is 0 Å². The molecule has 3 aromatic rings. The molecule has 0 fully saturated rings. The lowest BCUT2D eigenvalue weighted by Crippen LogP contribution is -1.98. The average molecular weight is 376 g/mol. The highest BCUT2D eigenvalue weighted by Gasteiger charge is 2.10. The van der Waals surface area contributed by atoms with Gasteiger partial charge in [-0.2, -0.15) is 5.26 Å². The van der Waals surface area contributed by atoms with Gasteiger partial charge in [-0.25, -0.2) is 4.98 Å². The Morgan fingerprint density at radius 2 is 2.00 bits per heavy atom. The predicted molar refractivity (Wildman–Crippen MR) is 110 cm³/mol. The molecule has 2 aromatic carbocycles. The minimum absolute atomic E-state index is 0.522. The van der Waals surface area contributed by atoms with E-state index < -0.39 is 0 Å². The maximum Gasteiger partial charge on any atom is 0.161 e. The van der Waals surface area contributed by atoms with Gasteiger partial charge in [0.15, 0.2) is 11.5 Å². The fourth-order valence-corrected chi connectivity index (χ4v) is 3.35. The molecule has 4 nitrogen and oxygen atoms in total. The van der Waals surface area contributed by atoms with E-state index in [1.54, 1.807) is 7.11 Å². The van der Waals surface area contributed by atoms with E-state index in [1.807, 2.05) is 60.0 Å². The molecule has 0 saturated carbocycles. The number of thiazole rings is 1. The largest absolute Gasteiger partial charge is 0.493 e. The van der Waals surface area contributed by atoms with Crippen LogP contribution in [0.3, 0.4) is 0 Å². The molecule has 5 heteroatoms. The van der Waals surface area contributed by atoms with Gasteiger partial charge in [-0.15, -0.1) is 11.3 Å². The van der Waals surface area contributed by atoms with Gasteiger partial charge < -0.3 is 9.47 Å². The zero-order valence-electron chi connectivity index (χ0n) is 15.3. The highest BCUT2D eigenvalue weighted by atomic mass is 32.1. The van der Waals surface area contributed by atoms with E-state index in [9.17, 15) is 5.26 Å². The van der Waals surface area contributed by atoms with Crippen molar-refractivity contribution in [1.29, 1.82) is 5.26 Å². The average Bonchev–Trinajstić information content (AvgIpc) is 3.21. The van der Waals surface area contributed by atoms with Gasteiger partial charge in [0.25, 0.3) is 0 Å². The minimum Gasteiger partial charge on any atom is -0.493 e. The molecule has 0 N–H and O–H groups in total. The van der Waals surface area contributed by atoms with Gasteiger partial charge in [0.2, 0.25) is 0 Å². The van der Waals surface area contributed by atoms with Gasteiger partial charge in [-0.1, -0.05) is 43.3 Å². The molecule has 1 heterocycles. The van der Waals surface area contributed by atoms with Gasteiger partial charge >= 0.3 is 0 Å². The lowest BCUT2D eigenvalue weighted by molar-refractivity contribution is 0.294. The molecule has 0 spiro atoms. The normalized spacial score (nSPS) is 11.1. The molecule has 0 unspecified atom stereocenters. The smallest absolute Gasteiger partial charge is 0.161 e. The second-order valence-corrected chi connectivity index (χ2v) is 6.69. The van der Waals surface area contributed by atoms with Crippen molar-refractivity contribution in [3.05, 3.63) is 64.5 Å². The number of nitrogens with zero attached hydrogens (tertiary/aromatic N) is 2. The molecule has 0 aliphatic rings. The van der Waals surface area contributed by atoms with Crippen LogP contribution in [0, 0.1) is 11.3 Å². The van der Waals surface area contributed by atoms with Gasteiger partial charge in [0.1, 0.15) is 11.1 Å². The molecule has 0 saturated heterocycles. The summed E-state index contributed by atoms with van der Waals surface area (Å²) >= 11 is 1.46. The van der Waals surface area contributed by atoms with Crippen LogP contribution in [0.15, 0.2) is 53.9 Å². The maximum atomic E-state index is 9.62. The summed E-state index contributed by atoms with van der Waals surface area (Å²) < 4.78 is 11.1. The van der Waals surface area contributed by atoms with Crippen LogP contribution in [0.25, 0.3) is 22.9 Å². The highest BCUT2D eigenvalue weighted by molar-refractivity contribution is 7.11. The summed E-state index contributed by atoms with van der Waals surface area (Å²) in [4.78, 5) is 4.63. The molecule has 0 radical (unpaired) electrons. The van der Waals surface area contributed by atoms with Crippen molar-refractivity contribution in [2.75, 3.05) is 13.7 Å². The van der Waals surface area contributed by atoms with E-state index in [1.165, 1.54) is 11.3 Å². The van der Waals surface area contributed by atoms with E-state index in [0.717, 1.165) is 23.2 Å². The number of methoxy groups -OCH3 is 1. The van der Waals surface area contributed by atoms with Crippen LogP contribution >= 0.6 is 11.3 Å². The van der Waals surface area contributed by atoms with E-state index in [0.29, 0.717) is 28.7 Å². The second kappa shape index (κ2) is 9.02. The molecule has 3 rings (SSSR count). The molecule has 0 bridgehead atoms. The van der Waals surface area contributed by atoms with Crippen molar-refractivity contribution in [3.8, 4) is 28.8 Å². The van der Waals surface area contributed by atoms with Crippen LogP contribution < -0.4 is 9.47 Å². The Bertz CT molecular complexity index is 971. The van der Waals surface area contributed by atoms with Crippen LogP contribution in [0.4, 0.5) is 0 Å². The number of ether oxygens (including phenoxy) is 2. The van der Waals surface area contributed by atoms with Crippen LogP contribution in [0.2, 0.25) is 0 Å². The van der Waals surface area contributed by atoms with Gasteiger partial charge in [0, 0.05) is 10.9 Å². The third-order valence-electron chi connectivity index (χ3n) is 3.88. The van der Waals surface area contributed by atoms with E-state index in [4.69, 9.17) is 9.47 Å². The minimum atomic E-state index is 0.522. The third-order valence-corrected chi connectivity index (χ3v) is 4.76. The first-order chi connectivity index (χ1) is 13.2. The van der Waals surface area contributed by atoms with Crippen LogP contribution in [0.1, 0.15) is 23.9 Å². The standard InChI is InChI=1S/C22H20N2O2S/c1-3-11-26-21-13-16(9-10-20(21)25-2)12-18(14-23)22-24-19(15-27-22)17-7-5-4-6-8-17/h4-10,12-13,15H,3,11H2,1-2H3/b18-12-. The number of rotatable bonds is 7. The number of benzene rings is 2. The number of hydrogen-bond acceptors (Lipinski definition) is 5. The number of nitriles is 1. The molecule has 27 heavy (non-hydrogen) atoms. The van der Waals surface area contributed by atoms with Gasteiger partial charge in [0.05, 0.1) is 25.0 Å². The summed E-state index contributed by atoms with van der Waals surface area (Å²) in [5, 5.41) is 12.3. The Morgan fingerprint density at radius 3 is 2.70 bits per heavy atom. The fourth-order valence-electron chi connectivity index (χ4n) is 2.56. The van der Waals surface area contributed by atoms with E-state index in [2.05, 4.69) is 18.0 Å². The Hall–Kier alpha value is -3.10. The van der Waals surface area contributed by atoms with Crippen molar-refractivity contribution in [2.24, 2.45) is 0 Å². The topological polar surface area (TPSA) is 55.1 Å². The second-order valence-electron chi connectivity index (χ2n) is 5.83. The zero-order chi connectivity index (χ0) is 19.1. The molecule has 136 valence electrons. The Balaban J connectivity index is 1.91. The molecule has 0 amide bonds. The molecule has 0 aliphatic heterocycles.